The van der Waals surface area contributed by atoms with Crippen molar-refractivity contribution >= 4 is 0 Å². The van der Waals surface area contributed by atoms with Crippen LogP contribution in [-0.4, -0.2) is 11.7 Å². The minimum atomic E-state index is -0.974. The van der Waals surface area contributed by atoms with Crippen molar-refractivity contribution in [1.82, 2.24) is 0 Å². The van der Waals surface area contributed by atoms with E-state index in [1.165, 1.54) is 12.0 Å². The van der Waals surface area contributed by atoms with Gasteiger partial charge in [-0.05, 0) is 56.7 Å². The molecule has 1 aliphatic carbocycles. The minimum Gasteiger partial charge on any atom is -0.494 e. The van der Waals surface area contributed by atoms with Gasteiger partial charge in [0.05, 0.1) is 6.61 Å². The fourth-order valence-corrected chi connectivity index (χ4v) is 3.42. The number of ether oxygens (including phenoxy) is 1. The number of allylic oxidation sites excluding steroid dienone is 3. The molecule has 1 N–H and O–H groups in total. The number of benzene rings is 1. The highest BCUT2D eigenvalue weighted by Crippen LogP contribution is 2.42. The lowest BCUT2D eigenvalue weighted by Gasteiger charge is -2.37. The Hall–Kier alpha value is -1.54. The Labute approximate surface area is 140 Å². The van der Waals surface area contributed by atoms with E-state index in [1.54, 1.807) is 0 Å². The van der Waals surface area contributed by atoms with Gasteiger partial charge in [-0.3, -0.25) is 0 Å². The van der Waals surface area contributed by atoms with E-state index >= 15 is 0 Å². The van der Waals surface area contributed by atoms with E-state index in [0.717, 1.165) is 17.7 Å². The van der Waals surface area contributed by atoms with E-state index < -0.39 is 5.60 Å². The van der Waals surface area contributed by atoms with Gasteiger partial charge in [-0.15, -0.1) is 0 Å². The van der Waals surface area contributed by atoms with Crippen LogP contribution in [-0.2, 0) is 5.60 Å². The summed E-state index contributed by atoms with van der Waals surface area (Å²) in [6.45, 7) is 11.3. The summed E-state index contributed by atoms with van der Waals surface area (Å²) in [5.41, 5.74) is 1.55. The molecule has 2 heteroatoms. The zero-order valence-electron chi connectivity index (χ0n) is 15.1. The molecule has 2 atom stereocenters. The second-order valence-electron chi connectivity index (χ2n) is 7.42. The van der Waals surface area contributed by atoms with Crippen LogP contribution in [0, 0.1) is 11.3 Å². The topological polar surface area (TPSA) is 29.5 Å². The first-order valence-corrected chi connectivity index (χ1v) is 8.58. The molecule has 2 rings (SSSR count). The summed E-state index contributed by atoms with van der Waals surface area (Å²) in [6.07, 6.45) is 8.79. The Kier molecular flexibility index (Phi) is 5.36. The summed E-state index contributed by atoms with van der Waals surface area (Å²) >= 11 is 0. The summed E-state index contributed by atoms with van der Waals surface area (Å²) in [4.78, 5) is 0. The third kappa shape index (κ3) is 4.26. The smallest absolute Gasteiger partial charge is 0.119 e. The largest absolute Gasteiger partial charge is 0.494 e. The molecular formula is C21H30O2. The Bertz CT molecular complexity index is 576. The van der Waals surface area contributed by atoms with E-state index in [0.29, 0.717) is 12.5 Å². The van der Waals surface area contributed by atoms with Gasteiger partial charge in [0.25, 0.3) is 0 Å². The first-order valence-electron chi connectivity index (χ1n) is 8.58. The summed E-state index contributed by atoms with van der Waals surface area (Å²) in [6, 6.07) is 7.70. The second-order valence-corrected chi connectivity index (χ2v) is 7.42. The molecule has 0 radical (unpaired) electrons. The van der Waals surface area contributed by atoms with E-state index in [-0.39, 0.29) is 5.41 Å². The number of hydrogen-bond donors (Lipinski definition) is 1. The fourth-order valence-electron chi connectivity index (χ4n) is 3.42. The zero-order chi connectivity index (χ0) is 17.1. The van der Waals surface area contributed by atoms with Crippen molar-refractivity contribution in [3.05, 3.63) is 53.6 Å². The van der Waals surface area contributed by atoms with E-state index in [9.17, 15) is 5.11 Å². The van der Waals surface area contributed by atoms with Crippen LogP contribution in [0.15, 0.2) is 48.1 Å². The van der Waals surface area contributed by atoms with Gasteiger partial charge in [-0.25, -0.2) is 0 Å². The van der Waals surface area contributed by atoms with Crippen LogP contribution in [0.4, 0.5) is 0 Å². The Morgan fingerprint density at radius 1 is 1.30 bits per heavy atom. The number of rotatable bonds is 5. The normalized spacial score (nSPS) is 23.4. The minimum absolute atomic E-state index is 0.240. The van der Waals surface area contributed by atoms with Crippen LogP contribution in [0.2, 0.25) is 0 Å². The first kappa shape index (κ1) is 17.8. The highest BCUT2D eigenvalue weighted by Gasteiger charge is 2.31. The van der Waals surface area contributed by atoms with Crippen molar-refractivity contribution in [3.8, 4) is 5.75 Å². The van der Waals surface area contributed by atoms with Crippen molar-refractivity contribution < 1.29 is 9.84 Å². The maximum absolute atomic E-state index is 10.8. The molecule has 2 nitrogen and oxygen atoms in total. The van der Waals surface area contributed by atoms with Gasteiger partial charge in [-0.1, -0.05) is 49.8 Å². The van der Waals surface area contributed by atoms with Gasteiger partial charge in [0.1, 0.15) is 11.4 Å². The lowest BCUT2D eigenvalue weighted by atomic mass is 9.68. The van der Waals surface area contributed by atoms with Crippen LogP contribution in [0.5, 0.6) is 5.75 Å². The third-order valence-corrected chi connectivity index (χ3v) is 4.95. The summed E-state index contributed by atoms with van der Waals surface area (Å²) in [5, 5.41) is 10.8. The molecule has 0 aliphatic heterocycles. The average Bonchev–Trinajstić information content (AvgIpc) is 2.47. The van der Waals surface area contributed by atoms with Gasteiger partial charge < -0.3 is 9.84 Å². The van der Waals surface area contributed by atoms with Crippen LogP contribution < -0.4 is 4.74 Å². The van der Waals surface area contributed by atoms with E-state index in [4.69, 9.17) is 4.74 Å². The third-order valence-electron chi connectivity index (χ3n) is 4.95. The average molecular weight is 314 g/mol. The van der Waals surface area contributed by atoms with Crippen molar-refractivity contribution in [2.75, 3.05) is 6.61 Å². The Morgan fingerprint density at radius 3 is 2.52 bits per heavy atom. The molecule has 0 bridgehead atoms. The van der Waals surface area contributed by atoms with Crippen molar-refractivity contribution in [2.24, 2.45) is 11.3 Å². The van der Waals surface area contributed by atoms with Crippen LogP contribution >= 0.6 is 0 Å². The summed E-state index contributed by atoms with van der Waals surface area (Å²) in [7, 11) is 0. The predicted molar refractivity (Wildman–Crippen MR) is 96.6 cm³/mol. The van der Waals surface area contributed by atoms with E-state index in [1.807, 2.05) is 44.2 Å². The van der Waals surface area contributed by atoms with Gasteiger partial charge in [0.2, 0.25) is 0 Å². The standard InChI is InChI=1S/C21H30O2/c1-6-23-18-11-9-17(10-12-18)21(5,22)15-13-19-16(2)8-7-14-20(19,3)4/h8-13,15,19,22H,6-7,14H2,1-5H3/b15-13+. The lowest BCUT2D eigenvalue weighted by Crippen LogP contribution is -2.27. The molecule has 23 heavy (non-hydrogen) atoms. The number of hydrogen-bond acceptors (Lipinski definition) is 2. The first-order chi connectivity index (χ1) is 10.8. The predicted octanol–water partition coefficient (Wildman–Crippen LogP) is 5.23. The molecule has 1 aromatic carbocycles. The quantitative estimate of drug-likeness (QED) is 0.754. The second kappa shape index (κ2) is 6.92. The SMILES string of the molecule is CCOc1ccc(C(C)(O)/C=C/C2C(C)=CCCC2(C)C)cc1. The maximum Gasteiger partial charge on any atom is 0.119 e. The molecule has 0 spiro atoms. The van der Waals surface area contributed by atoms with E-state index in [2.05, 4.69) is 32.9 Å². The molecule has 1 aliphatic rings. The van der Waals surface area contributed by atoms with Crippen molar-refractivity contribution in [3.63, 3.8) is 0 Å². The zero-order valence-corrected chi connectivity index (χ0v) is 15.1. The molecule has 126 valence electrons. The molecule has 2 unspecified atom stereocenters. The maximum atomic E-state index is 10.8. The lowest BCUT2D eigenvalue weighted by molar-refractivity contribution is 0.109. The van der Waals surface area contributed by atoms with Gasteiger partial charge in [0, 0.05) is 5.92 Å². The molecule has 0 fully saturated rings. The molecule has 0 saturated heterocycles. The van der Waals surface area contributed by atoms with Crippen LogP contribution in [0.1, 0.15) is 53.0 Å². The molecule has 0 amide bonds. The fraction of sp³-hybridized carbons (Fsp3) is 0.524. The van der Waals surface area contributed by atoms with Gasteiger partial charge >= 0.3 is 0 Å². The molecule has 0 heterocycles. The monoisotopic (exact) mass is 314 g/mol. The van der Waals surface area contributed by atoms with Crippen LogP contribution in [0.25, 0.3) is 0 Å². The number of aliphatic hydroxyl groups is 1. The Balaban J connectivity index is 2.19. The van der Waals surface area contributed by atoms with Crippen molar-refractivity contribution in [2.45, 2.75) is 53.1 Å². The van der Waals surface area contributed by atoms with Gasteiger partial charge in [-0.2, -0.15) is 0 Å². The van der Waals surface area contributed by atoms with Gasteiger partial charge in [0.15, 0.2) is 0 Å². The molecule has 1 aromatic rings. The molecule has 0 aromatic heterocycles. The van der Waals surface area contributed by atoms with Crippen LogP contribution in [0.3, 0.4) is 0 Å². The molecule has 0 saturated carbocycles. The summed E-state index contributed by atoms with van der Waals surface area (Å²) in [5.74, 6) is 1.22. The highest BCUT2D eigenvalue weighted by molar-refractivity contribution is 5.33. The van der Waals surface area contributed by atoms with Crippen molar-refractivity contribution in [1.29, 1.82) is 0 Å². The Morgan fingerprint density at radius 2 is 1.96 bits per heavy atom. The summed E-state index contributed by atoms with van der Waals surface area (Å²) < 4.78 is 5.46. The molecular weight excluding hydrogens is 284 g/mol. The highest BCUT2D eigenvalue weighted by atomic mass is 16.5.